The van der Waals surface area contributed by atoms with E-state index in [1.165, 1.54) is 11.0 Å². The number of hydrogen-bond donors (Lipinski definition) is 1. The van der Waals surface area contributed by atoms with Crippen molar-refractivity contribution in [1.82, 2.24) is 9.80 Å². The zero-order chi connectivity index (χ0) is 25.6. The summed E-state index contributed by atoms with van der Waals surface area (Å²) >= 11 is 0. The SMILES string of the molecule is C=CCOC(=O)[C@H]1[C@H]2C(=O)N([C@@H](CO)C(C)C)C(C(=O)N(CC=C)C(C)C)C23CC(C)[C@]1(C)O3. The second kappa shape index (κ2) is 9.46. The van der Waals surface area contributed by atoms with E-state index < -0.39 is 41.1 Å². The van der Waals surface area contributed by atoms with Gasteiger partial charge in [-0.15, -0.1) is 6.58 Å². The summed E-state index contributed by atoms with van der Waals surface area (Å²) in [5, 5.41) is 10.3. The molecule has 190 valence electrons. The molecule has 3 rings (SSSR count). The van der Waals surface area contributed by atoms with Gasteiger partial charge in [0.25, 0.3) is 0 Å². The number of carbonyl (C=O) groups is 3. The monoisotopic (exact) mass is 476 g/mol. The van der Waals surface area contributed by atoms with E-state index in [9.17, 15) is 19.5 Å². The highest BCUT2D eigenvalue weighted by atomic mass is 16.6. The Morgan fingerprint density at radius 3 is 2.44 bits per heavy atom. The Hall–Kier alpha value is -2.19. The molecule has 0 aromatic carbocycles. The van der Waals surface area contributed by atoms with Crippen molar-refractivity contribution in [3.05, 3.63) is 25.3 Å². The molecule has 3 unspecified atom stereocenters. The Labute approximate surface area is 202 Å². The minimum absolute atomic E-state index is 0.0332. The lowest BCUT2D eigenvalue weighted by atomic mass is 9.62. The Balaban J connectivity index is 2.19. The predicted octanol–water partition coefficient (Wildman–Crippen LogP) is 2.17. The fourth-order valence-electron chi connectivity index (χ4n) is 6.37. The molecule has 0 aliphatic carbocycles. The van der Waals surface area contributed by atoms with Crippen LogP contribution in [-0.2, 0) is 23.9 Å². The van der Waals surface area contributed by atoms with Crippen LogP contribution in [0.1, 0.15) is 48.0 Å². The highest BCUT2D eigenvalue weighted by molar-refractivity contribution is 5.99. The Morgan fingerprint density at radius 2 is 1.94 bits per heavy atom. The van der Waals surface area contributed by atoms with Gasteiger partial charge in [-0.25, -0.2) is 0 Å². The van der Waals surface area contributed by atoms with Crippen molar-refractivity contribution in [3.8, 4) is 0 Å². The van der Waals surface area contributed by atoms with Gasteiger partial charge in [-0.3, -0.25) is 14.4 Å². The first-order chi connectivity index (χ1) is 15.9. The van der Waals surface area contributed by atoms with Gasteiger partial charge in [0.2, 0.25) is 11.8 Å². The number of hydrogen-bond acceptors (Lipinski definition) is 6. The van der Waals surface area contributed by atoms with Crippen molar-refractivity contribution in [1.29, 1.82) is 0 Å². The lowest BCUT2D eigenvalue weighted by Gasteiger charge is -2.41. The third-order valence-corrected chi connectivity index (χ3v) is 8.13. The summed E-state index contributed by atoms with van der Waals surface area (Å²) in [6, 6.07) is -1.67. The van der Waals surface area contributed by atoms with Gasteiger partial charge in [-0.2, -0.15) is 0 Å². The predicted molar refractivity (Wildman–Crippen MR) is 128 cm³/mol. The molecular formula is C26H40N2O6. The maximum atomic E-state index is 14.2. The van der Waals surface area contributed by atoms with E-state index in [0.717, 1.165) is 0 Å². The van der Waals surface area contributed by atoms with Crippen LogP contribution in [0.3, 0.4) is 0 Å². The molecule has 3 saturated heterocycles. The third kappa shape index (κ3) is 3.70. The summed E-state index contributed by atoms with van der Waals surface area (Å²) in [6.45, 7) is 18.9. The molecule has 1 spiro atoms. The molecule has 3 fully saturated rings. The number of carbonyl (C=O) groups excluding carboxylic acids is 3. The molecule has 8 nitrogen and oxygen atoms in total. The van der Waals surface area contributed by atoms with Crippen molar-refractivity contribution < 1.29 is 29.0 Å². The summed E-state index contributed by atoms with van der Waals surface area (Å²) in [4.78, 5) is 44.7. The number of fused-ring (bicyclic) bond motifs is 1. The summed E-state index contributed by atoms with van der Waals surface area (Å²) in [7, 11) is 0. The Kier molecular flexibility index (Phi) is 7.35. The smallest absolute Gasteiger partial charge is 0.313 e. The van der Waals surface area contributed by atoms with E-state index in [-0.39, 0.29) is 42.9 Å². The Bertz CT molecular complexity index is 856. The van der Waals surface area contributed by atoms with E-state index in [1.54, 1.807) is 11.0 Å². The Morgan fingerprint density at radius 1 is 1.29 bits per heavy atom. The highest BCUT2D eigenvalue weighted by Crippen LogP contribution is 2.65. The van der Waals surface area contributed by atoms with Crippen molar-refractivity contribution in [3.63, 3.8) is 0 Å². The van der Waals surface area contributed by atoms with Crippen molar-refractivity contribution in [2.45, 2.75) is 77.3 Å². The van der Waals surface area contributed by atoms with Crippen LogP contribution < -0.4 is 0 Å². The number of rotatable bonds is 10. The van der Waals surface area contributed by atoms with Crippen LogP contribution in [0.2, 0.25) is 0 Å². The molecule has 3 aliphatic rings. The second-order valence-corrected chi connectivity index (χ2v) is 10.7. The van der Waals surface area contributed by atoms with Crippen LogP contribution in [0, 0.1) is 23.7 Å². The molecule has 34 heavy (non-hydrogen) atoms. The molecule has 1 N–H and O–H groups in total. The van der Waals surface area contributed by atoms with Gasteiger partial charge in [0.05, 0.1) is 24.2 Å². The minimum Gasteiger partial charge on any atom is -0.461 e. The fourth-order valence-corrected chi connectivity index (χ4v) is 6.37. The zero-order valence-electron chi connectivity index (χ0n) is 21.3. The molecule has 2 bridgehead atoms. The number of aliphatic hydroxyl groups is 1. The molecule has 2 amide bonds. The zero-order valence-corrected chi connectivity index (χ0v) is 21.3. The molecule has 3 heterocycles. The fraction of sp³-hybridized carbons (Fsp3) is 0.731. The maximum Gasteiger partial charge on any atom is 0.313 e. The van der Waals surface area contributed by atoms with Gasteiger partial charge in [0, 0.05) is 12.6 Å². The molecule has 3 aliphatic heterocycles. The van der Waals surface area contributed by atoms with Gasteiger partial charge in [0.15, 0.2) is 0 Å². The lowest BCUT2D eigenvalue weighted by Crippen LogP contribution is -2.60. The molecule has 7 atom stereocenters. The van der Waals surface area contributed by atoms with Crippen molar-refractivity contribution in [2.24, 2.45) is 23.7 Å². The molecular weight excluding hydrogens is 436 g/mol. The van der Waals surface area contributed by atoms with E-state index >= 15 is 0 Å². The van der Waals surface area contributed by atoms with E-state index in [0.29, 0.717) is 13.0 Å². The normalized spacial score (nSPS) is 35.0. The van der Waals surface area contributed by atoms with Gasteiger partial charge in [-0.1, -0.05) is 39.5 Å². The average molecular weight is 477 g/mol. The number of esters is 1. The van der Waals surface area contributed by atoms with Crippen LogP contribution in [0.4, 0.5) is 0 Å². The number of nitrogens with zero attached hydrogens (tertiary/aromatic N) is 2. The van der Waals surface area contributed by atoms with Gasteiger partial charge in [0.1, 0.15) is 24.2 Å². The number of likely N-dealkylation sites (tertiary alicyclic amines) is 1. The first-order valence-electron chi connectivity index (χ1n) is 12.2. The third-order valence-electron chi connectivity index (χ3n) is 8.13. The van der Waals surface area contributed by atoms with Gasteiger partial charge >= 0.3 is 5.97 Å². The molecule has 8 heteroatoms. The quantitative estimate of drug-likeness (QED) is 0.383. The lowest BCUT2D eigenvalue weighted by molar-refractivity contribution is -0.164. The van der Waals surface area contributed by atoms with Gasteiger partial charge < -0.3 is 24.4 Å². The van der Waals surface area contributed by atoms with E-state index in [1.807, 2.05) is 41.5 Å². The number of aliphatic hydroxyl groups excluding tert-OH is 1. The van der Waals surface area contributed by atoms with E-state index in [4.69, 9.17) is 9.47 Å². The van der Waals surface area contributed by atoms with Crippen molar-refractivity contribution >= 4 is 17.8 Å². The number of ether oxygens (including phenoxy) is 2. The molecule has 0 aromatic heterocycles. The first-order valence-corrected chi connectivity index (χ1v) is 12.2. The summed E-state index contributed by atoms with van der Waals surface area (Å²) in [5.74, 6) is -2.98. The van der Waals surface area contributed by atoms with Crippen LogP contribution in [0.25, 0.3) is 0 Å². The summed E-state index contributed by atoms with van der Waals surface area (Å²) in [6.07, 6.45) is 3.61. The van der Waals surface area contributed by atoms with Crippen LogP contribution >= 0.6 is 0 Å². The topological polar surface area (TPSA) is 96.4 Å². The van der Waals surface area contributed by atoms with E-state index in [2.05, 4.69) is 13.2 Å². The number of amides is 2. The molecule has 0 aromatic rings. The van der Waals surface area contributed by atoms with Crippen LogP contribution in [0.15, 0.2) is 25.3 Å². The highest BCUT2D eigenvalue weighted by Gasteiger charge is 2.80. The standard InChI is InChI=1S/C26H40N2O6/c1-9-11-27(16(5)6)23(31)21-26-13-17(7)25(8,34-26)20(24(32)33-12-10-2)19(26)22(30)28(21)18(14-29)15(3)4/h9-10,15-21,29H,1-2,11-14H2,3-8H3/t17?,18-,19-,20+,21?,25-,26?/m0/s1. The minimum atomic E-state index is -1.17. The average Bonchev–Trinajstić information content (AvgIpc) is 3.27. The molecule has 0 radical (unpaired) electrons. The second-order valence-electron chi connectivity index (χ2n) is 10.7. The summed E-state index contributed by atoms with van der Waals surface area (Å²) < 4.78 is 12.1. The molecule has 0 saturated carbocycles. The largest absolute Gasteiger partial charge is 0.461 e. The van der Waals surface area contributed by atoms with Gasteiger partial charge in [-0.05, 0) is 39.0 Å². The first kappa shape index (κ1) is 26.4. The maximum absolute atomic E-state index is 14.2. The van der Waals surface area contributed by atoms with Crippen LogP contribution in [-0.4, -0.2) is 81.8 Å². The summed E-state index contributed by atoms with van der Waals surface area (Å²) in [5.41, 5.74) is -2.10. The van der Waals surface area contributed by atoms with Crippen molar-refractivity contribution in [2.75, 3.05) is 19.8 Å². The van der Waals surface area contributed by atoms with Crippen LogP contribution in [0.5, 0.6) is 0 Å².